The minimum absolute atomic E-state index is 0.119. The van der Waals surface area contributed by atoms with Gasteiger partial charge in [0.25, 0.3) is 0 Å². The van der Waals surface area contributed by atoms with Crippen molar-refractivity contribution in [2.45, 2.75) is 45.8 Å². The monoisotopic (exact) mass is 431 g/mol. The van der Waals surface area contributed by atoms with Gasteiger partial charge in [-0.3, -0.25) is 0 Å². The van der Waals surface area contributed by atoms with Gasteiger partial charge < -0.3 is 34.5 Å². The van der Waals surface area contributed by atoms with E-state index in [2.05, 4.69) is 12.2 Å². The Morgan fingerprint density at radius 3 is 2.45 bits per heavy atom. The molecule has 3 unspecified atom stereocenters. The fourth-order valence-electron chi connectivity index (χ4n) is 4.15. The number of hydrogen-bond acceptors (Lipinski definition) is 7. The Balaban J connectivity index is 2.02. The highest BCUT2D eigenvalue weighted by Crippen LogP contribution is 2.43. The van der Waals surface area contributed by atoms with Gasteiger partial charge in [-0.1, -0.05) is 26.7 Å². The van der Waals surface area contributed by atoms with Crippen molar-refractivity contribution in [3.05, 3.63) is 52.8 Å². The van der Waals surface area contributed by atoms with Crippen LogP contribution in [0.3, 0.4) is 0 Å². The van der Waals surface area contributed by atoms with Crippen LogP contribution in [0.2, 0.25) is 0 Å². The van der Waals surface area contributed by atoms with Crippen LogP contribution in [0.5, 0.6) is 17.2 Å². The number of fused-ring (bicyclic) bond motifs is 1. The van der Waals surface area contributed by atoms with E-state index < -0.39 is 6.23 Å². The SMILES string of the molecule is CCCCCC1=C(O)C2C(=C(Oc3ccc(OC)cc3OC)C=C(OC)C2C)NC1O. The molecule has 0 amide bonds. The topological polar surface area (TPSA) is 89.4 Å². The molecule has 170 valence electrons. The van der Waals surface area contributed by atoms with Crippen LogP contribution in [0.15, 0.2) is 52.8 Å². The second-order valence-electron chi connectivity index (χ2n) is 7.83. The van der Waals surface area contributed by atoms with Crippen molar-refractivity contribution in [2.24, 2.45) is 11.8 Å². The molecule has 1 aliphatic heterocycles. The maximum Gasteiger partial charge on any atom is 0.169 e. The third-order valence-electron chi connectivity index (χ3n) is 5.92. The van der Waals surface area contributed by atoms with E-state index in [1.165, 1.54) is 0 Å². The molecule has 1 heterocycles. The molecule has 2 aliphatic rings. The van der Waals surface area contributed by atoms with Crippen LogP contribution in [0, 0.1) is 11.8 Å². The van der Waals surface area contributed by atoms with Gasteiger partial charge in [0.2, 0.25) is 0 Å². The first-order valence-corrected chi connectivity index (χ1v) is 10.7. The van der Waals surface area contributed by atoms with Crippen molar-refractivity contribution in [1.82, 2.24) is 5.32 Å². The van der Waals surface area contributed by atoms with Gasteiger partial charge in [-0.25, -0.2) is 0 Å². The number of unbranched alkanes of at least 4 members (excludes halogenated alkanes) is 2. The van der Waals surface area contributed by atoms with Crippen molar-refractivity contribution in [2.75, 3.05) is 21.3 Å². The zero-order valence-electron chi connectivity index (χ0n) is 18.9. The van der Waals surface area contributed by atoms with Gasteiger partial charge in [0, 0.05) is 23.6 Å². The Hall–Kier alpha value is -2.80. The second kappa shape index (κ2) is 10.0. The largest absolute Gasteiger partial charge is 0.511 e. The lowest BCUT2D eigenvalue weighted by Gasteiger charge is -2.39. The highest BCUT2D eigenvalue weighted by atomic mass is 16.5. The molecule has 1 aromatic rings. The summed E-state index contributed by atoms with van der Waals surface area (Å²) in [6, 6.07) is 5.26. The van der Waals surface area contributed by atoms with Crippen LogP contribution < -0.4 is 19.5 Å². The zero-order valence-corrected chi connectivity index (χ0v) is 18.9. The fraction of sp³-hybridized carbons (Fsp3) is 0.500. The summed E-state index contributed by atoms with van der Waals surface area (Å²) in [4.78, 5) is 0. The Morgan fingerprint density at radius 1 is 1.03 bits per heavy atom. The van der Waals surface area contributed by atoms with E-state index >= 15 is 0 Å². The third kappa shape index (κ3) is 4.61. The molecule has 3 N–H and O–H groups in total. The van der Waals surface area contributed by atoms with Crippen LogP contribution >= 0.6 is 0 Å². The summed E-state index contributed by atoms with van der Waals surface area (Å²) in [5.41, 5.74) is 1.25. The summed E-state index contributed by atoms with van der Waals surface area (Å²) in [6.45, 7) is 4.12. The third-order valence-corrected chi connectivity index (χ3v) is 5.92. The summed E-state index contributed by atoms with van der Waals surface area (Å²) >= 11 is 0. The maximum atomic E-state index is 11.1. The average Bonchev–Trinajstić information content (AvgIpc) is 2.77. The first kappa shape index (κ1) is 22.9. The number of ether oxygens (including phenoxy) is 4. The van der Waals surface area contributed by atoms with Crippen LogP contribution in [0.1, 0.15) is 39.5 Å². The Labute approximate surface area is 184 Å². The van der Waals surface area contributed by atoms with Gasteiger partial charge in [-0.05, 0) is 25.0 Å². The molecule has 0 radical (unpaired) electrons. The maximum absolute atomic E-state index is 11.1. The molecule has 1 aromatic carbocycles. The van der Waals surface area contributed by atoms with Gasteiger partial charge >= 0.3 is 0 Å². The lowest BCUT2D eigenvalue weighted by Crippen LogP contribution is -2.44. The highest BCUT2D eigenvalue weighted by Gasteiger charge is 2.41. The minimum Gasteiger partial charge on any atom is -0.511 e. The normalized spacial score (nSPS) is 23.0. The zero-order chi connectivity index (χ0) is 22.5. The van der Waals surface area contributed by atoms with Crippen LogP contribution in [-0.4, -0.2) is 37.8 Å². The van der Waals surface area contributed by atoms with Crippen molar-refractivity contribution in [3.8, 4) is 17.2 Å². The molecule has 0 bridgehead atoms. The van der Waals surface area contributed by atoms with Crippen LogP contribution in [0.25, 0.3) is 0 Å². The number of methoxy groups -OCH3 is 3. The number of nitrogens with one attached hydrogen (secondary N) is 1. The summed E-state index contributed by atoms with van der Waals surface area (Å²) in [7, 11) is 4.75. The van der Waals surface area contributed by atoms with E-state index in [4.69, 9.17) is 18.9 Å². The van der Waals surface area contributed by atoms with E-state index in [9.17, 15) is 10.2 Å². The Bertz CT molecular complexity index is 888. The van der Waals surface area contributed by atoms with E-state index in [1.807, 2.05) is 6.92 Å². The standard InChI is InChI=1S/C24H33NO6/c1-6-7-8-9-16-23(26)21-14(2)18(29-4)13-20(22(21)25-24(16)27)31-17-11-10-15(28-3)12-19(17)30-5/h10-14,21,24-27H,6-9H2,1-5H3. The van der Waals surface area contributed by atoms with Crippen molar-refractivity contribution in [1.29, 1.82) is 0 Å². The average molecular weight is 432 g/mol. The van der Waals surface area contributed by atoms with Crippen molar-refractivity contribution < 1.29 is 29.2 Å². The molecule has 7 heteroatoms. The number of aliphatic hydroxyl groups is 2. The summed E-state index contributed by atoms with van der Waals surface area (Å²) in [6.07, 6.45) is 4.48. The van der Waals surface area contributed by atoms with Crippen LogP contribution in [0.4, 0.5) is 0 Å². The molecule has 0 fully saturated rings. The van der Waals surface area contributed by atoms with Gasteiger partial charge in [-0.2, -0.15) is 0 Å². The molecule has 1 aliphatic carbocycles. The van der Waals surface area contributed by atoms with Gasteiger partial charge in [0.05, 0.1) is 32.9 Å². The van der Waals surface area contributed by atoms with Gasteiger partial charge in [0.15, 0.2) is 17.3 Å². The lowest BCUT2D eigenvalue weighted by atomic mass is 9.78. The van der Waals surface area contributed by atoms with E-state index in [0.29, 0.717) is 46.5 Å². The fourth-order valence-corrected chi connectivity index (χ4v) is 4.15. The number of hydrogen-bond donors (Lipinski definition) is 3. The molecule has 0 aromatic heterocycles. The molecule has 0 spiro atoms. The number of rotatable bonds is 9. The summed E-state index contributed by atoms with van der Waals surface area (Å²) < 4.78 is 22.5. The van der Waals surface area contributed by atoms with Crippen molar-refractivity contribution >= 4 is 0 Å². The molecule has 7 nitrogen and oxygen atoms in total. The number of benzene rings is 1. The van der Waals surface area contributed by atoms with Gasteiger partial charge in [0.1, 0.15) is 23.5 Å². The molecule has 3 rings (SSSR count). The quantitative estimate of drug-likeness (QED) is 0.499. The summed E-state index contributed by atoms with van der Waals surface area (Å²) in [5, 5.41) is 25.0. The van der Waals surface area contributed by atoms with E-state index in [1.54, 1.807) is 45.6 Å². The van der Waals surface area contributed by atoms with Crippen LogP contribution in [-0.2, 0) is 4.74 Å². The Kier molecular flexibility index (Phi) is 7.38. The smallest absolute Gasteiger partial charge is 0.169 e. The molecule has 0 saturated carbocycles. The lowest BCUT2D eigenvalue weighted by molar-refractivity contribution is 0.124. The first-order chi connectivity index (χ1) is 14.9. The molecule has 0 saturated heterocycles. The van der Waals surface area contributed by atoms with E-state index in [0.717, 1.165) is 19.3 Å². The molecule has 31 heavy (non-hydrogen) atoms. The predicted molar refractivity (Wildman–Crippen MR) is 118 cm³/mol. The predicted octanol–water partition coefficient (Wildman–Crippen LogP) is 4.40. The molecular weight excluding hydrogens is 398 g/mol. The van der Waals surface area contributed by atoms with E-state index in [-0.39, 0.29) is 17.6 Å². The second-order valence-corrected chi connectivity index (χ2v) is 7.83. The highest BCUT2D eigenvalue weighted by molar-refractivity contribution is 5.48. The number of allylic oxidation sites excluding steroid dienone is 2. The molecule has 3 atom stereocenters. The first-order valence-electron chi connectivity index (χ1n) is 10.7. The van der Waals surface area contributed by atoms with Gasteiger partial charge in [-0.15, -0.1) is 0 Å². The Morgan fingerprint density at radius 2 is 1.81 bits per heavy atom. The van der Waals surface area contributed by atoms with Crippen molar-refractivity contribution in [3.63, 3.8) is 0 Å². The summed E-state index contributed by atoms with van der Waals surface area (Å²) in [5.74, 6) is 2.47. The number of aliphatic hydroxyl groups excluding tert-OH is 2. The minimum atomic E-state index is -0.968. The molecular formula is C24H33NO6.